The monoisotopic (exact) mass is 278 g/mol. The Hall–Kier alpha value is -1.75. The van der Waals surface area contributed by atoms with Gasteiger partial charge in [0, 0.05) is 26.3 Å². The lowest BCUT2D eigenvalue weighted by Crippen LogP contribution is -2.34. The van der Waals surface area contributed by atoms with Crippen LogP contribution in [-0.2, 0) is 9.53 Å². The van der Waals surface area contributed by atoms with Crippen LogP contribution >= 0.6 is 0 Å². The van der Waals surface area contributed by atoms with Crippen LogP contribution in [0.1, 0.15) is 19.3 Å². The van der Waals surface area contributed by atoms with Crippen molar-refractivity contribution in [1.82, 2.24) is 0 Å². The van der Waals surface area contributed by atoms with Crippen LogP contribution in [0.5, 0.6) is 0 Å². The van der Waals surface area contributed by atoms with Gasteiger partial charge >= 0.3 is 5.97 Å². The topological polar surface area (TPSA) is 75.8 Å². The maximum absolute atomic E-state index is 10.8. The molecule has 1 aromatic rings. The van der Waals surface area contributed by atoms with Crippen molar-refractivity contribution < 1.29 is 14.6 Å². The second-order valence-corrected chi connectivity index (χ2v) is 5.20. The van der Waals surface area contributed by atoms with E-state index in [1.807, 2.05) is 24.3 Å². The number of para-hydroxylation sites is 2. The van der Waals surface area contributed by atoms with Crippen LogP contribution in [0.2, 0.25) is 0 Å². The fourth-order valence-corrected chi connectivity index (χ4v) is 2.56. The van der Waals surface area contributed by atoms with Crippen molar-refractivity contribution in [2.45, 2.75) is 19.3 Å². The van der Waals surface area contributed by atoms with E-state index in [9.17, 15) is 4.79 Å². The van der Waals surface area contributed by atoms with Gasteiger partial charge in [-0.2, -0.15) is 0 Å². The Bertz CT molecular complexity index is 444. The van der Waals surface area contributed by atoms with E-state index in [0.717, 1.165) is 38.3 Å². The van der Waals surface area contributed by atoms with Gasteiger partial charge in [-0.25, -0.2) is 0 Å². The minimum Gasteiger partial charge on any atom is -0.481 e. The zero-order valence-electron chi connectivity index (χ0n) is 11.6. The van der Waals surface area contributed by atoms with E-state index in [0.29, 0.717) is 18.2 Å². The Morgan fingerprint density at radius 3 is 2.70 bits per heavy atom. The normalized spacial score (nSPS) is 16.0. The number of nitrogens with zero attached hydrogens (tertiary/aromatic N) is 1. The van der Waals surface area contributed by atoms with Gasteiger partial charge in [0.2, 0.25) is 0 Å². The fourth-order valence-electron chi connectivity index (χ4n) is 2.56. The van der Waals surface area contributed by atoms with E-state index in [4.69, 9.17) is 15.6 Å². The van der Waals surface area contributed by atoms with E-state index < -0.39 is 5.97 Å². The lowest BCUT2D eigenvalue weighted by Gasteiger charge is -2.31. The summed E-state index contributed by atoms with van der Waals surface area (Å²) >= 11 is 0. The van der Waals surface area contributed by atoms with Crippen molar-refractivity contribution in [2.24, 2.45) is 5.92 Å². The van der Waals surface area contributed by atoms with Crippen molar-refractivity contribution >= 4 is 17.3 Å². The van der Waals surface area contributed by atoms with Crippen LogP contribution in [0.4, 0.5) is 11.4 Å². The van der Waals surface area contributed by atoms with Gasteiger partial charge < -0.3 is 20.5 Å². The number of carboxylic acid groups (broad SMARTS) is 1. The average Bonchev–Trinajstić information content (AvgIpc) is 2.45. The summed E-state index contributed by atoms with van der Waals surface area (Å²) < 4.78 is 5.37. The molecule has 1 saturated heterocycles. The first-order chi connectivity index (χ1) is 9.66. The average molecular weight is 278 g/mol. The minimum absolute atomic E-state index is 0.123. The van der Waals surface area contributed by atoms with Gasteiger partial charge in [0.05, 0.1) is 17.8 Å². The summed E-state index contributed by atoms with van der Waals surface area (Å²) in [4.78, 5) is 12.9. The van der Waals surface area contributed by atoms with Crippen molar-refractivity contribution in [3.63, 3.8) is 0 Å². The molecule has 1 fully saturated rings. The van der Waals surface area contributed by atoms with Gasteiger partial charge in [-0.15, -0.1) is 0 Å². The Kier molecular flexibility index (Phi) is 5.24. The van der Waals surface area contributed by atoms with Crippen molar-refractivity contribution in [2.75, 3.05) is 36.9 Å². The molecule has 0 unspecified atom stereocenters. The van der Waals surface area contributed by atoms with E-state index in [2.05, 4.69) is 4.90 Å². The molecule has 0 aliphatic carbocycles. The standard InChI is InChI=1S/C15H22N2O3/c16-13-3-1-2-4-14(13)17(8-5-15(18)19)11-12-6-9-20-10-7-12/h1-4,12H,5-11,16H2,(H,18,19). The first-order valence-electron chi connectivity index (χ1n) is 7.06. The number of carboxylic acids is 1. The highest BCUT2D eigenvalue weighted by molar-refractivity contribution is 5.70. The molecule has 1 heterocycles. The molecule has 2 rings (SSSR count). The summed E-state index contributed by atoms with van der Waals surface area (Å²) in [5.74, 6) is -0.242. The predicted molar refractivity (Wildman–Crippen MR) is 78.9 cm³/mol. The molecule has 3 N–H and O–H groups in total. The zero-order chi connectivity index (χ0) is 14.4. The number of hydrogen-bond donors (Lipinski definition) is 2. The zero-order valence-corrected chi connectivity index (χ0v) is 11.6. The third kappa shape index (κ3) is 4.13. The van der Waals surface area contributed by atoms with Gasteiger partial charge in [-0.1, -0.05) is 12.1 Å². The maximum atomic E-state index is 10.8. The highest BCUT2D eigenvalue weighted by Crippen LogP contribution is 2.26. The third-order valence-corrected chi connectivity index (χ3v) is 3.69. The fraction of sp³-hybridized carbons (Fsp3) is 0.533. The lowest BCUT2D eigenvalue weighted by atomic mass is 9.99. The molecule has 0 atom stereocenters. The molecule has 0 aromatic heterocycles. The molecule has 110 valence electrons. The summed E-state index contributed by atoms with van der Waals surface area (Å²) in [6.07, 6.45) is 2.17. The van der Waals surface area contributed by atoms with E-state index in [1.54, 1.807) is 0 Å². The van der Waals surface area contributed by atoms with Crippen LogP contribution < -0.4 is 10.6 Å². The second kappa shape index (κ2) is 7.14. The Labute approximate surface area is 119 Å². The Morgan fingerprint density at radius 2 is 2.05 bits per heavy atom. The summed E-state index contributed by atoms with van der Waals surface area (Å²) in [5.41, 5.74) is 7.65. The van der Waals surface area contributed by atoms with Crippen LogP contribution in [0.3, 0.4) is 0 Å². The van der Waals surface area contributed by atoms with Crippen LogP contribution in [0.15, 0.2) is 24.3 Å². The number of hydrogen-bond acceptors (Lipinski definition) is 4. The number of ether oxygens (including phenoxy) is 1. The molecular formula is C15H22N2O3. The predicted octanol–water partition coefficient (Wildman–Crippen LogP) is 1.98. The highest BCUT2D eigenvalue weighted by Gasteiger charge is 2.19. The highest BCUT2D eigenvalue weighted by atomic mass is 16.5. The van der Waals surface area contributed by atoms with E-state index in [1.165, 1.54) is 0 Å². The molecule has 0 amide bonds. The minimum atomic E-state index is -0.781. The summed E-state index contributed by atoms with van der Waals surface area (Å²) in [6.45, 7) is 2.91. The first kappa shape index (κ1) is 14.7. The van der Waals surface area contributed by atoms with Crippen molar-refractivity contribution in [3.8, 4) is 0 Å². The number of anilines is 2. The lowest BCUT2D eigenvalue weighted by molar-refractivity contribution is -0.136. The van der Waals surface area contributed by atoms with Gasteiger partial charge in [0.15, 0.2) is 0 Å². The first-order valence-corrected chi connectivity index (χ1v) is 7.06. The van der Waals surface area contributed by atoms with Gasteiger partial charge in [-0.05, 0) is 30.9 Å². The van der Waals surface area contributed by atoms with Gasteiger partial charge in [0.1, 0.15) is 0 Å². The van der Waals surface area contributed by atoms with Crippen LogP contribution in [0.25, 0.3) is 0 Å². The largest absolute Gasteiger partial charge is 0.481 e. The summed E-state index contributed by atoms with van der Waals surface area (Å²) in [5, 5.41) is 8.91. The number of aliphatic carboxylic acids is 1. The summed E-state index contributed by atoms with van der Waals surface area (Å²) in [7, 11) is 0. The molecule has 0 bridgehead atoms. The number of benzene rings is 1. The van der Waals surface area contributed by atoms with E-state index >= 15 is 0 Å². The molecule has 0 spiro atoms. The SMILES string of the molecule is Nc1ccccc1N(CCC(=O)O)CC1CCOCC1. The van der Waals surface area contributed by atoms with E-state index in [-0.39, 0.29) is 6.42 Å². The molecular weight excluding hydrogens is 256 g/mol. The second-order valence-electron chi connectivity index (χ2n) is 5.20. The Morgan fingerprint density at radius 1 is 1.35 bits per heavy atom. The van der Waals surface area contributed by atoms with Crippen molar-refractivity contribution in [3.05, 3.63) is 24.3 Å². The number of nitrogen functional groups attached to an aromatic ring is 1. The van der Waals surface area contributed by atoms with Crippen molar-refractivity contribution in [1.29, 1.82) is 0 Å². The quantitative estimate of drug-likeness (QED) is 0.778. The molecule has 1 aromatic carbocycles. The smallest absolute Gasteiger partial charge is 0.305 e. The maximum Gasteiger partial charge on any atom is 0.305 e. The van der Waals surface area contributed by atoms with Gasteiger partial charge in [-0.3, -0.25) is 4.79 Å². The Balaban J connectivity index is 2.07. The molecule has 0 radical (unpaired) electrons. The summed E-state index contributed by atoms with van der Waals surface area (Å²) in [6, 6.07) is 7.63. The molecule has 20 heavy (non-hydrogen) atoms. The van der Waals surface area contributed by atoms with Crippen LogP contribution in [0, 0.1) is 5.92 Å². The molecule has 5 heteroatoms. The molecule has 0 saturated carbocycles. The molecule has 1 aliphatic heterocycles. The van der Waals surface area contributed by atoms with Gasteiger partial charge in [0.25, 0.3) is 0 Å². The van der Waals surface area contributed by atoms with Crippen LogP contribution in [-0.4, -0.2) is 37.4 Å². The molecule has 1 aliphatic rings. The number of carbonyl (C=O) groups is 1. The number of rotatable bonds is 6. The number of nitrogens with two attached hydrogens (primary N) is 1. The third-order valence-electron chi connectivity index (χ3n) is 3.69. The molecule has 5 nitrogen and oxygen atoms in total.